The molecule has 0 saturated carbocycles. The van der Waals surface area contributed by atoms with E-state index in [0.29, 0.717) is 22.3 Å². The molecule has 0 atom stereocenters. The fourth-order valence-corrected chi connectivity index (χ4v) is 2.09. The van der Waals surface area contributed by atoms with Gasteiger partial charge in [-0.2, -0.15) is 0 Å². The number of hydrogen-bond acceptors (Lipinski definition) is 3. The number of nitrogens with zero attached hydrogens (tertiary/aromatic N) is 1. The van der Waals surface area contributed by atoms with Crippen molar-refractivity contribution < 1.29 is 14.7 Å². The molecule has 1 rings (SSSR count). The average Bonchev–Trinajstić information content (AvgIpc) is 2.38. The predicted octanol–water partition coefficient (Wildman–Crippen LogP) is 2.65. The smallest absolute Gasteiger partial charge is 0.317 e. The highest BCUT2D eigenvalue weighted by Gasteiger charge is 2.15. The number of carboxylic acid groups (broad SMARTS) is 1. The summed E-state index contributed by atoms with van der Waals surface area (Å²) in [6, 6.07) is 3.40. The normalized spacial score (nSPS) is 10.7. The Kier molecular flexibility index (Phi) is 6.26. The number of rotatable bonds is 6. The summed E-state index contributed by atoms with van der Waals surface area (Å²) in [7, 11) is 0. The number of carboxylic acids is 1. The fraction of sp³-hybridized carbons (Fsp3) is 0.385. The Labute approximate surface area is 127 Å². The molecule has 7 heteroatoms. The topological polar surface area (TPSA) is 69.6 Å². The van der Waals surface area contributed by atoms with E-state index in [1.54, 1.807) is 26.0 Å². The summed E-state index contributed by atoms with van der Waals surface area (Å²) in [5.74, 6) is -1.34. The molecule has 0 aromatic heterocycles. The van der Waals surface area contributed by atoms with E-state index >= 15 is 0 Å². The van der Waals surface area contributed by atoms with E-state index in [1.165, 1.54) is 4.90 Å². The van der Waals surface area contributed by atoms with Crippen LogP contribution < -0.4 is 5.32 Å². The highest BCUT2D eigenvalue weighted by atomic mass is 35.5. The zero-order valence-electron chi connectivity index (χ0n) is 11.2. The highest BCUT2D eigenvalue weighted by Crippen LogP contribution is 2.32. The lowest BCUT2D eigenvalue weighted by atomic mass is 10.2. The van der Waals surface area contributed by atoms with Crippen LogP contribution in [0, 0.1) is 6.92 Å². The highest BCUT2D eigenvalue weighted by molar-refractivity contribution is 6.40. The maximum absolute atomic E-state index is 11.9. The van der Waals surface area contributed by atoms with Gasteiger partial charge in [-0.3, -0.25) is 14.5 Å². The molecule has 0 spiro atoms. The molecule has 0 fully saturated rings. The van der Waals surface area contributed by atoms with Crippen molar-refractivity contribution in [3.05, 3.63) is 27.7 Å². The first-order valence-corrected chi connectivity index (χ1v) is 6.79. The van der Waals surface area contributed by atoms with E-state index in [2.05, 4.69) is 5.32 Å². The first-order valence-electron chi connectivity index (χ1n) is 6.03. The van der Waals surface area contributed by atoms with Gasteiger partial charge in [0.25, 0.3) is 0 Å². The Morgan fingerprint density at radius 2 is 1.95 bits per heavy atom. The second-order valence-corrected chi connectivity index (χ2v) is 5.08. The van der Waals surface area contributed by atoms with Crippen LogP contribution in [0.2, 0.25) is 10.0 Å². The molecule has 0 radical (unpaired) electrons. The van der Waals surface area contributed by atoms with Gasteiger partial charge in [0.1, 0.15) is 0 Å². The van der Waals surface area contributed by atoms with E-state index in [4.69, 9.17) is 28.3 Å². The largest absolute Gasteiger partial charge is 0.480 e. The lowest BCUT2D eigenvalue weighted by Crippen LogP contribution is -2.36. The van der Waals surface area contributed by atoms with Crippen molar-refractivity contribution in [1.29, 1.82) is 0 Å². The minimum Gasteiger partial charge on any atom is -0.480 e. The number of carbonyl (C=O) groups is 2. The van der Waals surface area contributed by atoms with E-state index in [0.717, 1.165) is 5.56 Å². The minimum atomic E-state index is -0.980. The number of anilines is 1. The van der Waals surface area contributed by atoms with Crippen molar-refractivity contribution in [3.63, 3.8) is 0 Å². The summed E-state index contributed by atoms with van der Waals surface area (Å²) in [4.78, 5) is 24.1. The van der Waals surface area contributed by atoms with Gasteiger partial charge in [0.15, 0.2) is 0 Å². The number of aliphatic carboxylic acids is 1. The molecule has 1 aromatic carbocycles. The summed E-state index contributed by atoms with van der Waals surface area (Å²) < 4.78 is 0. The Hall–Kier alpha value is -1.30. The van der Waals surface area contributed by atoms with Crippen LogP contribution >= 0.6 is 23.2 Å². The number of nitrogens with one attached hydrogen (secondary N) is 1. The van der Waals surface area contributed by atoms with Crippen molar-refractivity contribution in [2.75, 3.05) is 25.0 Å². The van der Waals surface area contributed by atoms with E-state index in [9.17, 15) is 9.59 Å². The zero-order chi connectivity index (χ0) is 15.3. The first-order chi connectivity index (χ1) is 9.35. The average molecular weight is 319 g/mol. The third-order valence-corrected chi connectivity index (χ3v) is 3.52. The maximum atomic E-state index is 11.9. The van der Waals surface area contributed by atoms with Gasteiger partial charge in [-0.1, -0.05) is 36.2 Å². The number of carbonyl (C=O) groups excluding carboxylic acids is 1. The third kappa shape index (κ3) is 4.67. The second kappa shape index (κ2) is 7.47. The van der Waals surface area contributed by atoms with Crippen LogP contribution in [-0.4, -0.2) is 41.5 Å². The van der Waals surface area contributed by atoms with Gasteiger partial charge in [-0.15, -0.1) is 0 Å². The fourth-order valence-electron chi connectivity index (χ4n) is 1.62. The van der Waals surface area contributed by atoms with Crippen molar-refractivity contribution in [3.8, 4) is 0 Å². The van der Waals surface area contributed by atoms with Crippen LogP contribution in [0.3, 0.4) is 0 Å². The van der Waals surface area contributed by atoms with Crippen molar-refractivity contribution in [2.24, 2.45) is 0 Å². The second-order valence-electron chi connectivity index (χ2n) is 4.30. The van der Waals surface area contributed by atoms with Crippen LogP contribution in [0.25, 0.3) is 0 Å². The van der Waals surface area contributed by atoms with Crippen LogP contribution in [0.4, 0.5) is 5.69 Å². The lowest BCUT2D eigenvalue weighted by Gasteiger charge is -2.18. The molecule has 2 N–H and O–H groups in total. The Balaban J connectivity index is 2.76. The number of aryl methyl sites for hydroxylation is 1. The summed E-state index contributed by atoms with van der Waals surface area (Å²) in [5, 5.41) is 12.1. The zero-order valence-corrected chi connectivity index (χ0v) is 12.8. The van der Waals surface area contributed by atoms with E-state index in [-0.39, 0.29) is 19.0 Å². The summed E-state index contributed by atoms with van der Waals surface area (Å²) in [5.41, 5.74) is 1.15. The molecule has 1 amide bonds. The van der Waals surface area contributed by atoms with Crippen LogP contribution in [-0.2, 0) is 9.59 Å². The monoisotopic (exact) mass is 318 g/mol. The molecule has 1 aromatic rings. The molecular weight excluding hydrogens is 303 g/mol. The Morgan fingerprint density at radius 1 is 1.30 bits per heavy atom. The SMILES string of the molecule is CCN(CC(=O)O)CC(=O)Nc1c(Cl)ccc(C)c1Cl. The number of benzene rings is 1. The minimum absolute atomic E-state index is 0.0383. The number of amides is 1. The molecule has 0 aliphatic rings. The van der Waals surface area contributed by atoms with Crippen LogP contribution in [0.5, 0.6) is 0 Å². The van der Waals surface area contributed by atoms with E-state index < -0.39 is 5.97 Å². The molecule has 0 unspecified atom stereocenters. The van der Waals surface area contributed by atoms with Gasteiger partial charge in [0, 0.05) is 0 Å². The van der Waals surface area contributed by atoms with Crippen LogP contribution in [0.1, 0.15) is 12.5 Å². The van der Waals surface area contributed by atoms with Crippen molar-refractivity contribution >= 4 is 40.8 Å². The lowest BCUT2D eigenvalue weighted by molar-refractivity contribution is -0.138. The number of halogens is 2. The standard InChI is InChI=1S/C13H16Cl2N2O3/c1-3-17(7-11(19)20)6-10(18)16-13-9(14)5-4-8(2)12(13)15/h4-5H,3,6-7H2,1-2H3,(H,16,18)(H,19,20). The summed E-state index contributed by atoms with van der Waals surface area (Å²) in [6.07, 6.45) is 0. The molecule has 5 nitrogen and oxygen atoms in total. The van der Waals surface area contributed by atoms with Gasteiger partial charge in [0.05, 0.1) is 28.8 Å². The number of likely N-dealkylation sites (N-methyl/N-ethyl adjacent to an activating group) is 1. The number of hydrogen-bond donors (Lipinski definition) is 2. The third-order valence-electron chi connectivity index (χ3n) is 2.72. The predicted molar refractivity (Wildman–Crippen MR) is 79.6 cm³/mol. The molecule has 0 aliphatic carbocycles. The van der Waals surface area contributed by atoms with Gasteiger partial charge in [-0.25, -0.2) is 0 Å². The molecule has 110 valence electrons. The molecule has 0 saturated heterocycles. The quantitative estimate of drug-likeness (QED) is 0.846. The molecule has 0 bridgehead atoms. The Morgan fingerprint density at radius 3 is 2.50 bits per heavy atom. The maximum Gasteiger partial charge on any atom is 0.317 e. The summed E-state index contributed by atoms with van der Waals surface area (Å²) in [6.45, 7) is 3.80. The molecule has 20 heavy (non-hydrogen) atoms. The Bertz CT molecular complexity index is 521. The van der Waals surface area contributed by atoms with Gasteiger partial charge >= 0.3 is 5.97 Å². The van der Waals surface area contributed by atoms with Gasteiger partial charge in [-0.05, 0) is 25.1 Å². The van der Waals surface area contributed by atoms with Gasteiger partial charge < -0.3 is 10.4 Å². The molecule has 0 aliphatic heterocycles. The van der Waals surface area contributed by atoms with E-state index in [1.807, 2.05) is 0 Å². The van der Waals surface area contributed by atoms with Crippen molar-refractivity contribution in [2.45, 2.75) is 13.8 Å². The van der Waals surface area contributed by atoms with Gasteiger partial charge in [0.2, 0.25) is 5.91 Å². The first kappa shape index (κ1) is 16.8. The summed E-state index contributed by atoms with van der Waals surface area (Å²) >= 11 is 12.1. The molecule has 0 heterocycles. The van der Waals surface area contributed by atoms with Crippen LogP contribution in [0.15, 0.2) is 12.1 Å². The van der Waals surface area contributed by atoms with Crippen molar-refractivity contribution in [1.82, 2.24) is 4.90 Å². The molecular formula is C13H16Cl2N2O3.